The van der Waals surface area contributed by atoms with Crippen molar-refractivity contribution in [3.8, 4) is 11.8 Å². The first kappa shape index (κ1) is 9.46. The van der Waals surface area contributed by atoms with E-state index in [-0.39, 0.29) is 0 Å². The highest BCUT2D eigenvalue weighted by molar-refractivity contribution is 5.81. The molecule has 0 aliphatic carbocycles. The van der Waals surface area contributed by atoms with Gasteiger partial charge in [-0.25, -0.2) is 15.0 Å². The molecule has 2 N–H and O–H groups in total. The summed E-state index contributed by atoms with van der Waals surface area (Å²) >= 11 is 0. The molecule has 0 amide bonds. The molecule has 0 saturated heterocycles. The van der Waals surface area contributed by atoms with Gasteiger partial charge in [-0.3, -0.25) is 0 Å². The maximum atomic E-state index is 4.14. The van der Waals surface area contributed by atoms with Crippen molar-refractivity contribution < 1.29 is 0 Å². The van der Waals surface area contributed by atoms with Gasteiger partial charge in [-0.15, -0.1) is 11.8 Å². The van der Waals surface area contributed by atoms with E-state index >= 15 is 0 Å². The summed E-state index contributed by atoms with van der Waals surface area (Å²) in [4.78, 5) is 15.2. The second-order valence-electron chi connectivity index (χ2n) is 2.93. The third-order valence-corrected chi connectivity index (χ3v) is 1.94. The van der Waals surface area contributed by atoms with Gasteiger partial charge in [0.1, 0.15) is 11.8 Å². The molecular formula is C10H11N5. The van der Waals surface area contributed by atoms with Crippen LogP contribution in [0.25, 0.3) is 11.2 Å². The van der Waals surface area contributed by atoms with Gasteiger partial charge in [-0.05, 0) is 6.92 Å². The molecule has 15 heavy (non-hydrogen) atoms. The fraction of sp³-hybridized carbons (Fsp3) is 0.300. The van der Waals surface area contributed by atoms with Gasteiger partial charge in [-0.2, -0.15) is 0 Å². The number of imidazole rings is 1. The van der Waals surface area contributed by atoms with Gasteiger partial charge in [0, 0.05) is 13.0 Å². The molecule has 0 bridgehead atoms. The van der Waals surface area contributed by atoms with Crippen molar-refractivity contribution in [3.63, 3.8) is 0 Å². The normalized spacial score (nSPS) is 9.67. The average molecular weight is 201 g/mol. The Morgan fingerprint density at radius 1 is 1.40 bits per heavy atom. The molecule has 0 aromatic carbocycles. The number of rotatable bonds is 3. The van der Waals surface area contributed by atoms with Gasteiger partial charge >= 0.3 is 0 Å². The highest BCUT2D eigenvalue weighted by Gasteiger charge is 2.03. The van der Waals surface area contributed by atoms with Crippen LogP contribution in [0.15, 0.2) is 12.7 Å². The Bertz CT molecular complexity index is 505. The van der Waals surface area contributed by atoms with Crippen molar-refractivity contribution in [2.45, 2.75) is 13.3 Å². The first-order chi connectivity index (χ1) is 7.42. The monoisotopic (exact) mass is 201 g/mol. The van der Waals surface area contributed by atoms with Gasteiger partial charge in [0.2, 0.25) is 0 Å². The number of H-pyrrole nitrogens is 1. The van der Waals surface area contributed by atoms with Crippen LogP contribution in [0.1, 0.15) is 13.3 Å². The topological polar surface area (TPSA) is 66.5 Å². The van der Waals surface area contributed by atoms with Crippen LogP contribution in [0.2, 0.25) is 0 Å². The minimum atomic E-state index is 0.675. The molecule has 0 aliphatic rings. The third kappa shape index (κ3) is 2.05. The summed E-state index contributed by atoms with van der Waals surface area (Å²) in [6.45, 7) is 2.60. The molecule has 2 rings (SSSR count). The number of fused-ring (bicyclic) bond motifs is 1. The van der Waals surface area contributed by atoms with Crippen molar-refractivity contribution in [2.75, 3.05) is 11.9 Å². The van der Waals surface area contributed by atoms with Gasteiger partial charge in [-0.1, -0.05) is 0 Å². The first-order valence-corrected chi connectivity index (χ1v) is 4.69. The zero-order chi connectivity index (χ0) is 10.5. The Labute approximate surface area is 87.4 Å². The number of hydrogen-bond donors (Lipinski definition) is 2. The van der Waals surface area contributed by atoms with Crippen LogP contribution in [0.5, 0.6) is 0 Å². The lowest BCUT2D eigenvalue weighted by Gasteiger charge is -2.02. The van der Waals surface area contributed by atoms with Crippen LogP contribution in [-0.4, -0.2) is 26.5 Å². The molecule has 0 atom stereocenters. The molecule has 76 valence electrons. The van der Waals surface area contributed by atoms with Gasteiger partial charge < -0.3 is 10.3 Å². The zero-order valence-electron chi connectivity index (χ0n) is 8.41. The molecule has 0 unspecified atom stereocenters. The number of aromatic nitrogens is 4. The fourth-order valence-electron chi connectivity index (χ4n) is 1.27. The number of aromatic amines is 1. The minimum absolute atomic E-state index is 0.675. The minimum Gasteiger partial charge on any atom is -0.367 e. The van der Waals surface area contributed by atoms with Gasteiger partial charge in [0.15, 0.2) is 11.5 Å². The Balaban J connectivity index is 2.12. The van der Waals surface area contributed by atoms with E-state index in [1.165, 1.54) is 6.33 Å². The average Bonchev–Trinajstić information content (AvgIpc) is 2.73. The van der Waals surface area contributed by atoms with Crippen LogP contribution in [0, 0.1) is 11.8 Å². The number of hydrogen-bond acceptors (Lipinski definition) is 4. The number of nitrogens with zero attached hydrogens (tertiary/aromatic N) is 3. The molecule has 0 radical (unpaired) electrons. The SMILES string of the molecule is CC#CCCNc1ncnc2nc[nH]c12. The molecule has 0 saturated carbocycles. The molecule has 5 nitrogen and oxygen atoms in total. The van der Waals surface area contributed by atoms with Crippen LogP contribution >= 0.6 is 0 Å². The zero-order valence-corrected chi connectivity index (χ0v) is 8.41. The number of nitrogens with one attached hydrogen (secondary N) is 2. The second-order valence-corrected chi connectivity index (χ2v) is 2.93. The third-order valence-electron chi connectivity index (χ3n) is 1.94. The van der Waals surface area contributed by atoms with Crippen LogP contribution in [-0.2, 0) is 0 Å². The lowest BCUT2D eigenvalue weighted by atomic mass is 10.4. The van der Waals surface area contributed by atoms with Crippen molar-refractivity contribution in [2.24, 2.45) is 0 Å². The summed E-state index contributed by atoms with van der Waals surface area (Å²) in [5.41, 5.74) is 1.51. The van der Waals surface area contributed by atoms with Crippen molar-refractivity contribution >= 4 is 17.0 Å². The summed E-state index contributed by atoms with van der Waals surface area (Å²) in [5, 5.41) is 3.18. The molecule has 0 fully saturated rings. The standard InChI is InChI=1S/C10H11N5/c1-2-3-4-5-11-9-8-10(13-6-12-8)15-7-14-9/h6-7H,4-5H2,1H3,(H2,11,12,13,14,15). The molecule has 2 aromatic rings. The molecule has 2 heterocycles. The van der Waals surface area contributed by atoms with E-state index in [1.807, 2.05) is 6.92 Å². The number of anilines is 1. The lowest BCUT2D eigenvalue weighted by Crippen LogP contribution is -2.03. The highest BCUT2D eigenvalue weighted by Crippen LogP contribution is 2.13. The van der Waals surface area contributed by atoms with Crippen LogP contribution < -0.4 is 5.32 Å². The van der Waals surface area contributed by atoms with Gasteiger partial charge in [0.05, 0.1) is 6.33 Å². The summed E-state index contributed by atoms with van der Waals surface area (Å²) in [5.74, 6) is 6.60. The van der Waals surface area contributed by atoms with Crippen molar-refractivity contribution in [1.82, 2.24) is 19.9 Å². The van der Waals surface area contributed by atoms with E-state index in [4.69, 9.17) is 0 Å². The summed E-state index contributed by atoms with van der Waals surface area (Å²) < 4.78 is 0. The molecule has 2 aromatic heterocycles. The molecule has 0 spiro atoms. The maximum Gasteiger partial charge on any atom is 0.182 e. The Morgan fingerprint density at radius 3 is 3.20 bits per heavy atom. The van der Waals surface area contributed by atoms with Crippen LogP contribution in [0.4, 0.5) is 5.82 Å². The summed E-state index contributed by atoms with van der Waals surface area (Å²) in [6.07, 6.45) is 3.91. The second kappa shape index (κ2) is 4.42. The molecular weight excluding hydrogens is 190 g/mol. The Kier molecular flexibility index (Phi) is 2.79. The first-order valence-electron chi connectivity index (χ1n) is 4.69. The quantitative estimate of drug-likeness (QED) is 0.578. The van der Waals surface area contributed by atoms with E-state index in [2.05, 4.69) is 37.1 Å². The highest BCUT2D eigenvalue weighted by atomic mass is 15.1. The van der Waals surface area contributed by atoms with Crippen LogP contribution in [0.3, 0.4) is 0 Å². The maximum absolute atomic E-state index is 4.14. The molecule has 0 aliphatic heterocycles. The van der Waals surface area contributed by atoms with E-state index < -0.39 is 0 Å². The van der Waals surface area contributed by atoms with E-state index in [1.54, 1.807) is 6.33 Å². The van der Waals surface area contributed by atoms with Crippen molar-refractivity contribution in [3.05, 3.63) is 12.7 Å². The largest absolute Gasteiger partial charge is 0.367 e. The van der Waals surface area contributed by atoms with Crippen molar-refractivity contribution in [1.29, 1.82) is 0 Å². The smallest absolute Gasteiger partial charge is 0.182 e. The lowest BCUT2D eigenvalue weighted by molar-refractivity contribution is 1.06. The van der Waals surface area contributed by atoms with E-state index in [9.17, 15) is 0 Å². The fourth-order valence-corrected chi connectivity index (χ4v) is 1.27. The Morgan fingerprint density at radius 2 is 2.33 bits per heavy atom. The Hall–Kier alpha value is -2.09. The predicted molar refractivity (Wildman–Crippen MR) is 58.2 cm³/mol. The summed E-state index contributed by atoms with van der Waals surface area (Å²) in [7, 11) is 0. The van der Waals surface area contributed by atoms with E-state index in [0.29, 0.717) is 5.65 Å². The van der Waals surface area contributed by atoms with Gasteiger partial charge in [0.25, 0.3) is 0 Å². The predicted octanol–water partition coefficient (Wildman–Crippen LogP) is 1.18. The molecule has 5 heteroatoms. The van der Waals surface area contributed by atoms with E-state index in [0.717, 1.165) is 24.3 Å². The summed E-state index contributed by atoms with van der Waals surface area (Å²) in [6, 6.07) is 0.